The molecule has 0 unspecified atom stereocenters. The van der Waals surface area contributed by atoms with Crippen LogP contribution in [0.4, 0.5) is 5.82 Å². The van der Waals surface area contributed by atoms with Gasteiger partial charge >= 0.3 is 0 Å². The highest BCUT2D eigenvalue weighted by Gasteiger charge is 2.28. The van der Waals surface area contributed by atoms with Crippen LogP contribution in [0.2, 0.25) is 5.02 Å². The number of hydrogen-bond acceptors (Lipinski definition) is 6. The standard InChI is InChI=1S/C19H18ClN5O2S/c1-3-24(4-2)17-14-11-8-12-15(20)16(14)25-18(21-17)19(22-23-25)28(26,27)13-9-6-5-7-10-13/h5-12H,3-4H2,1-2H3. The van der Waals surface area contributed by atoms with E-state index in [-0.39, 0.29) is 15.6 Å². The van der Waals surface area contributed by atoms with Gasteiger partial charge in [0.1, 0.15) is 5.82 Å². The van der Waals surface area contributed by atoms with Gasteiger partial charge in [-0.1, -0.05) is 41.1 Å². The molecule has 144 valence electrons. The van der Waals surface area contributed by atoms with Gasteiger partial charge in [-0.2, -0.15) is 4.52 Å². The lowest BCUT2D eigenvalue weighted by Crippen LogP contribution is -2.24. The third kappa shape index (κ3) is 2.80. The third-order valence-electron chi connectivity index (χ3n) is 4.64. The van der Waals surface area contributed by atoms with Crippen LogP contribution >= 0.6 is 11.6 Å². The molecule has 28 heavy (non-hydrogen) atoms. The highest BCUT2D eigenvalue weighted by Crippen LogP contribution is 2.33. The van der Waals surface area contributed by atoms with Gasteiger partial charge in [-0.3, -0.25) is 0 Å². The Morgan fingerprint density at radius 1 is 1.04 bits per heavy atom. The first kappa shape index (κ1) is 18.6. The fourth-order valence-corrected chi connectivity index (χ4v) is 4.74. The normalized spacial score (nSPS) is 12.0. The molecule has 0 saturated carbocycles. The second kappa shape index (κ2) is 7.03. The number of rotatable bonds is 5. The number of fused-ring (bicyclic) bond motifs is 3. The molecule has 0 aliphatic rings. The summed E-state index contributed by atoms with van der Waals surface area (Å²) in [5.41, 5.74) is 0.740. The van der Waals surface area contributed by atoms with Crippen molar-refractivity contribution in [1.82, 2.24) is 19.8 Å². The van der Waals surface area contributed by atoms with Gasteiger partial charge in [0.15, 0.2) is 5.65 Å². The molecule has 0 saturated heterocycles. The zero-order chi connectivity index (χ0) is 19.9. The second-order valence-electron chi connectivity index (χ2n) is 6.19. The average Bonchev–Trinajstić information content (AvgIpc) is 3.14. The molecule has 2 aromatic heterocycles. The monoisotopic (exact) mass is 415 g/mol. The minimum absolute atomic E-state index is 0.142. The van der Waals surface area contributed by atoms with E-state index in [0.717, 1.165) is 5.39 Å². The van der Waals surface area contributed by atoms with Crippen LogP contribution in [-0.2, 0) is 9.84 Å². The molecule has 2 heterocycles. The Morgan fingerprint density at radius 3 is 2.43 bits per heavy atom. The van der Waals surface area contributed by atoms with Gasteiger partial charge in [0.25, 0.3) is 0 Å². The smallest absolute Gasteiger partial charge is 0.229 e. The van der Waals surface area contributed by atoms with Gasteiger partial charge in [0.2, 0.25) is 14.9 Å². The molecule has 0 aliphatic carbocycles. The number of halogens is 1. The zero-order valence-electron chi connectivity index (χ0n) is 15.4. The molecule has 7 nitrogen and oxygen atoms in total. The van der Waals surface area contributed by atoms with Crippen molar-refractivity contribution in [2.24, 2.45) is 0 Å². The molecule has 0 atom stereocenters. The number of anilines is 1. The van der Waals surface area contributed by atoms with Crippen molar-refractivity contribution in [2.75, 3.05) is 18.0 Å². The van der Waals surface area contributed by atoms with Gasteiger partial charge in [-0.05, 0) is 38.1 Å². The number of benzene rings is 2. The second-order valence-corrected chi connectivity index (χ2v) is 8.46. The van der Waals surface area contributed by atoms with E-state index in [0.29, 0.717) is 29.4 Å². The number of hydrogen-bond donors (Lipinski definition) is 0. The lowest BCUT2D eigenvalue weighted by molar-refractivity contribution is 0.592. The van der Waals surface area contributed by atoms with Crippen molar-refractivity contribution in [2.45, 2.75) is 23.8 Å². The SMILES string of the molecule is CCN(CC)c1nc2c(S(=O)(=O)c3ccccc3)nnn2c2c(Cl)cccc12. The van der Waals surface area contributed by atoms with Crippen molar-refractivity contribution in [3.63, 3.8) is 0 Å². The molecule has 0 N–H and O–H groups in total. The highest BCUT2D eigenvalue weighted by molar-refractivity contribution is 7.91. The summed E-state index contributed by atoms with van der Waals surface area (Å²) < 4.78 is 27.7. The molecule has 0 fully saturated rings. The Bertz CT molecular complexity index is 1270. The van der Waals surface area contributed by atoms with Crippen LogP contribution in [0, 0.1) is 0 Å². The molecule has 0 radical (unpaired) electrons. The van der Waals surface area contributed by atoms with Crippen LogP contribution in [0.3, 0.4) is 0 Å². The molecule has 0 spiro atoms. The Balaban J connectivity index is 2.10. The summed E-state index contributed by atoms with van der Waals surface area (Å²) in [6.07, 6.45) is 0. The van der Waals surface area contributed by atoms with Gasteiger partial charge in [-0.25, -0.2) is 13.4 Å². The number of sulfone groups is 1. The predicted molar refractivity (Wildman–Crippen MR) is 109 cm³/mol. The van der Waals surface area contributed by atoms with Crippen molar-refractivity contribution >= 4 is 43.8 Å². The van der Waals surface area contributed by atoms with Crippen molar-refractivity contribution in [3.8, 4) is 0 Å². The summed E-state index contributed by atoms with van der Waals surface area (Å²) in [7, 11) is -3.88. The van der Waals surface area contributed by atoms with Crippen LogP contribution in [0.1, 0.15) is 13.8 Å². The quantitative estimate of drug-likeness (QED) is 0.495. The fourth-order valence-electron chi connectivity index (χ4n) is 3.23. The first-order valence-electron chi connectivity index (χ1n) is 8.87. The van der Waals surface area contributed by atoms with Gasteiger partial charge in [-0.15, -0.1) is 5.10 Å². The lowest BCUT2D eigenvalue weighted by atomic mass is 10.2. The Kier molecular flexibility index (Phi) is 4.68. The molecule has 9 heteroatoms. The number of para-hydroxylation sites is 1. The van der Waals surface area contributed by atoms with Crippen LogP contribution in [-0.4, -0.2) is 41.3 Å². The average molecular weight is 416 g/mol. The summed E-state index contributed by atoms with van der Waals surface area (Å²) in [6.45, 7) is 5.46. The Labute approximate surface area is 167 Å². The van der Waals surface area contributed by atoms with Crippen LogP contribution < -0.4 is 4.90 Å². The van der Waals surface area contributed by atoms with E-state index in [1.165, 1.54) is 16.6 Å². The summed E-state index contributed by atoms with van der Waals surface area (Å²) in [6, 6.07) is 13.6. The maximum absolute atomic E-state index is 13.1. The molecule has 0 amide bonds. The molecule has 0 aliphatic heterocycles. The van der Waals surface area contributed by atoms with Crippen LogP contribution in [0.15, 0.2) is 58.5 Å². The van der Waals surface area contributed by atoms with Gasteiger partial charge in [0, 0.05) is 18.5 Å². The highest BCUT2D eigenvalue weighted by atomic mass is 35.5. The maximum Gasteiger partial charge on any atom is 0.229 e. The molecular weight excluding hydrogens is 398 g/mol. The predicted octanol–water partition coefficient (Wildman–Crippen LogP) is 3.61. The summed E-state index contributed by atoms with van der Waals surface area (Å²) in [4.78, 5) is 6.85. The van der Waals surface area contributed by atoms with E-state index in [1.54, 1.807) is 24.3 Å². The summed E-state index contributed by atoms with van der Waals surface area (Å²) in [5, 5.41) is 9.10. The molecule has 0 bridgehead atoms. The van der Waals surface area contributed by atoms with Gasteiger partial charge < -0.3 is 4.90 Å². The van der Waals surface area contributed by atoms with E-state index < -0.39 is 9.84 Å². The summed E-state index contributed by atoms with van der Waals surface area (Å²) in [5.74, 6) is 0.654. The molecule has 4 rings (SSSR count). The largest absolute Gasteiger partial charge is 0.357 e. The molecule has 4 aromatic rings. The Morgan fingerprint density at radius 2 is 1.75 bits per heavy atom. The first-order valence-corrected chi connectivity index (χ1v) is 10.7. The lowest BCUT2D eigenvalue weighted by Gasteiger charge is -2.22. The summed E-state index contributed by atoms with van der Waals surface area (Å²) >= 11 is 6.46. The van der Waals surface area contributed by atoms with E-state index >= 15 is 0 Å². The van der Waals surface area contributed by atoms with Crippen molar-refractivity contribution in [1.29, 1.82) is 0 Å². The van der Waals surface area contributed by atoms with E-state index in [9.17, 15) is 8.42 Å². The van der Waals surface area contributed by atoms with Crippen LogP contribution in [0.25, 0.3) is 16.6 Å². The Hall–Kier alpha value is -2.71. The van der Waals surface area contributed by atoms with E-state index in [2.05, 4.69) is 15.3 Å². The number of aromatic nitrogens is 4. The third-order valence-corrected chi connectivity index (χ3v) is 6.61. The van der Waals surface area contributed by atoms with E-state index in [1.807, 2.05) is 30.9 Å². The van der Waals surface area contributed by atoms with Crippen molar-refractivity contribution < 1.29 is 8.42 Å². The fraction of sp³-hybridized carbons (Fsp3) is 0.211. The van der Waals surface area contributed by atoms with E-state index in [4.69, 9.17) is 11.6 Å². The van der Waals surface area contributed by atoms with Crippen molar-refractivity contribution in [3.05, 3.63) is 53.6 Å². The number of nitrogens with zero attached hydrogens (tertiary/aromatic N) is 5. The van der Waals surface area contributed by atoms with Crippen LogP contribution in [0.5, 0.6) is 0 Å². The minimum atomic E-state index is -3.88. The zero-order valence-corrected chi connectivity index (χ0v) is 16.9. The minimum Gasteiger partial charge on any atom is -0.357 e. The molecular formula is C19H18ClN5O2S. The molecule has 2 aromatic carbocycles. The first-order chi connectivity index (χ1) is 13.5. The maximum atomic E-state index is 13.1. The van der Waals surface area contributed by atoms with Gasteiger partial charge in [0.05, 0.1) is 15.4 Å². The topological polar surface area (TPSA) is 80.5 Å².